The first kappa shape index (κ1) is 23.6. The lowest BCUT2D eigenvalue weighted by molar-refractivity contribution is -0.0284. The van der Waals surface area contributed by atoms with Gasteiger partial charge in [-0.3, -0.25) is 14.8 Å². The number of nitrogens with one attached hydrogen (secondary N) is 2. The van der Waals surface area contributed by atoms with E-state index in [1.807, 2.05) is 7.05 Å². The van der Waals surface area contributed by atoms with Crippen LogP contribution in [0.15, 0.2) is 29.3 Å². The third-order valence-corrected chi connectivity index (χ3v) is 5.32. The van der Waals surface area contributed by atoms with E-state index >= 15 is 0 Å². The highest BCUT2D eigenvalue weighted by atomic mass is 16.5. The summed E-state index contributed by atoms with van der Waals surface area (Å²) in [5, 5.41) is 6.86. The maximum Gasteiger partial charge on any atom is 0.191 e. The third kappa shape index (κ3) is 8.72. The number of morpholine rings is 1. The molecular formula is C23H41N5O. The van der Waals surface area contributed by atoms with Crippen LogP contribution in [-0.4, -0.2) is 74.8 Å². The van der Waals surface area contributed by atoms with Gasteiger partial charge in [-0.25, -0.2) is 0 Å². The van der Waals surface area contributed by atoms with Crippen LogP contribution >= 0.6 is 0 Å². The number of benzene rings is 1. The zero-order chi connectivity index (χ0) is 21.1. The van der Waals surface area contributed by atoms with Crippen LogP contribution in [0.1, 0.15) is 38.8 Å². The molecule has 0 aromatic heterocycles. The number of aliphatic imine (C=N–C) groups is 1. The SMILES string of the molecule is CCN(CC)Cc1cccc(CNC(=NC)NCC2CN(CC(C)C)CCO2)c1. The molecule has 0 amide bonds. The predicted octanol–water partition coefficient (Wildman–Crippen LogP) is 2.55. The van der Waals surface area contributed by atoms with Crippen LogP contribution in [-0.2, 0) is 17.8 Å². The zero-order valence-corrected chi connectivity index (χ0v) is 19.1. The number of hydrogen-bond donors (Lipinski definition) is 2. The lowest BCUT2D eigenvalue weighted by Crippen LogP contribution is -2.50. The van der Waals surface area contributed by atoms with E-state index in [9.17, 15) is 0 Å². The highest BCUT2D eigenvalue weighted by molar-refractivity contribution is 5.79. The molecule has 1 heterocycles. The number of rotatable bonds is 10. The van der Waals surface area contributed by atoms with Gasteiger partial charge in [-0.1, -0.05) is 52.0 Å². The molecule has 1 aliphatic heterocycles. The summed E-state index contributed by atoms with van der Waals surface area (Å²) in [6, 6.07) is 8.80. The average Bonchev–Trinajstić information content (AvgIpc) is 2.72. The number of nitrogens with zero attached hydrogens (tertiary/aromatic N) is 3. The van der Waals surface area contributed by atoms with Crippen LogP contribution in [0.3, 0.4) is 0 Å². The maximum atomic E-state index is 5.93. The molecule has 164 valence electrons. The number of hydrogen-bond acceptors (Lipinski definition) is 4. The molecule has 1 aliphatic rings. The Bertz CT molecular complexity index is 615. The van der Waals surface area contributed by atoms with Gasteiger partial charge in [-0.2, -0.15) is 0 Å². The second-order valence-electron chi connectivity index (χ2n) is 8.23. The molecule has 1 aromatic rings. The van der Waals surface area contributed by atoms with E-state index in [1.165, 1.54) is 11.1 Å². The van der Waals surface area contributed by atoms with E-state index in [1.54, 1.807) is 0 Å². The Labute approximate surface area is 177 Å². The van der Waals surface area contributed by atoms with Crippen LogP contribution in [0.25, 0.3) is 0 Å². The molecule has 6 nitrogen and oxygen atoms in total. The average molecular weight is 404 g/mol. The normalized spacial score (nSPS) is 18.4. The minimum atomic E-state index is 0.207. The summed E-state index contributed by atoms with van der Waals surface area (Å²) in [5.41, 5.74) is 2.63. The van der Waals surface area contributed by atoms with Gasteiger partial charge in [0.15, 0.2) is 5.96 Å². The molecule has 0 saturated carbocycles. The first-order valence-corrected chi connectivity index (χ1v) is 11.1. The topological polar surface area (TPSA) is 52.1 Å². The summed E-state index contributed by atoms with van der Waals surface area (Å²) in [6.45, 7) is 17.6. The van der Waals surface area contributed by atoms with Crippen LogP contribution in [0.5, 0.6) is 0 Å². The largest absolute Gasteiger partial charge is 0.374 e. The Kier molecular flexibility index (Phi) is 10.5. The number of ether oxygens (including phenoxy) is 1. The molecule has 0 aliphatic carbocycles. The van der Waals surface area contributed by atoms with E-state index in [0.29, 0.717) is 5.92 Å². The van der Waals surface area contributed by atoms with Gasteiger partial charge < -0.3 is 15.4 Å². The van der Waals surface area contributed by atoms with Crippen LogP contribution in [0, 0.1) is 5.92 Å². The minimum absolute atomic E-state index is 0.207. The highest BCUT2D eigenvalue weighted by Gasteiger charge is 2.21. The smallest absolute Gasteiger partial charge is 0.191 e. The van der Waals surface area contributed by atoms with Crippen LogP contribution in [0.2, 0.25) is 0 Å². The fourth-order valence-electron chi connectivity index (χ4n) is 3.75. The molecule has 1 unspecified atom stereocenters. The molecule has 2 rings (SSSR count). The van der Waals surface area contributed by atoms with Crippen LogP contribution < -0.4 is 10.6 Å². The van der Waals surface area contributed by atoms with Crippen molar-refractivity contribution in [1.29, 1.82) is 0 Å². The summed E-state index contributed by atoms with van der Waals surface area (Å²) in [7, 11) is 1.82. The van der Waals surface area contributed by atoms with E-state index in [4.69, 9.17) is 4.74 Å². The monoisotopic (exact) mass is 403 g/mol. The minimum Gasteiger partial charge on any atom is -0.374 e. The molecule has 1 atom stereocenters. The Balaban J connectivity index is 1.79. The molecule has 0 radical (unpaired) electrons. The van der Waals surface area contributed by atoms with Crippen molar-refractivity contribution in [3.05, 3.63) is 35.4 Å². The fourth-order valence-corrected chi connectivity index (χ4v) is 3.75. The van der Waals surface area contributed by atoms with Gasteiger partial charge in [0.25, 0.3) is 0 Å². The first-order chi connectivity index (χ1) is 14.0. The van der Waals surface area contributed by atoms with Crippen molar-refractivity contribution in [3.8, 4) is 0 Å². The molecule has 1 aromatic carbocycles. The zero-order valence-electron chi connectivity index (χ0n) is 19.1. The van der Waals surface area contributed by atoms with Crippen molar-refractivity contribution in [2.24, 2.45) is 10.9 Å². The second-order valence-corrected chi connectivity index (χ2v) is 8.23. The Morgan fingerprint density at radius 2 is 2.00 bits per heavy atom. The second kappa shape index (κ2) is 12.8. The van der Waals surface area contributed by atoms with Crippen LogP contribution in [0.4, 0.5) is 0 Å². The highest BCUT2D eigenvalue weighted by Crippen LogP contribution is 2.09. The Morgan fingerprint density at radius 1 is 1.24 bits per heavy atom. The van der Waals surface area contributed by atoms with E-state index in [0.717, 1.165) is 64.9 Å². The maximum absolute atomic E-state index is 5.93. The molecular weight excluding hydrogens is 362 g/mol. The van der Waals surface area contributed by atoms with Gasteiger partial charge in [0, 0.05) is 46.3 Å². The van der Waals surface area contributed by atoms with Crippen molar-refractivity contribution < 1.29 is 4.74 Å². The van der Waals surface area contributed by atoms with E-state index < -0.39 is 0 Å². The molecule has 6 heteroatoms. The Hall–Kier alpha value is -1.63. The molecule has 1 saturated heterocycles. The molecule has 2 N–H and O–H groups in total. The Morgan fingerprint density at radius 3 is 2.69 bits per heavy atom. The van der Waals surface area contributed by atoms with Crippen molar-refractivity contribution in [2.75, 3.05) is 52.9 Å². The standard InChI is InChI=1S/C23H41N5O/c1-6-27(7-2)17-21-10-8-9-20(13-21)14-25-23(24-5)26-15-22-18-28(11-12-29-22)16-19(3)4/h8-10,13,19,22H,6-7,11-12,14-18H2,1-5H3,(H2,24,25,26). The van der Waals surface area contributed by atoms with Gasteiger partial charge in [0.05, 0.1) is 12.7 Å². The lowest BCUT2D eigenvalue weighted by Gasteiger charge is -2.34. The van der Waals surface area contributed by atoms with Gasteiger partial charge in [-0.05, 0) is 30.1 Å². The molecule has 0 spiro atoms. The first-order valence-electron chi connectivity index (χ1n) is 11.1. The van der Waals surface area contributed by atoms with E-state index in [-0.39, 0.29) is 6.10 Å². The molecule has 1 fully saturated rings. The number of guanidine groups is 1. The summed E-state index contributed by atoms with van der Waals surface area (Å²) >= 11 is 0. The molecule has 0 bridgehead atoms. The van der Waals surface area contributed by atoms with Gasteiger partial charge in [0.1, 0.15) is 0 Å². The fraction of sp³-hybridized carbons (Fsp3) is 0.696. The van der Waals surface area contributed by atoms with Crippen molar-refractivity contribution in [1.82, 2.24) is 20.4 Å². The quantitative estimate of drug-likeness (QED) is 0.464. The van der Waals surface area contributed by atoms with Gasteiger partial charge in [-0.15, -0.1) is 0 Å². The van der Waals surface area contributed by atoms with Crippen molar-refractivity contribution >= 4 is 5.96 Å². The predicted molar refractivity (Wildman–Crippen MR) is 122 cm³/mol. The van der Waals surface area contributed by atoms with Gasteiger partial charge >= 0.3 is 0 Å². The lowest BCUT2D eigenvalue weighted by atomic mass is 10.1. The summed E-state index contributed by atoms with van der Waals surface area (Å²) in [6.07, 6.45) is 0.207. The summed E-state index contributed by atoms with van der Waals surface area (Å²) in [4.78, 5) is 9.30. The third-order valence-electron chi connectivity index (χ3n) is 5.32. The van der Waals surface area contributed by atoms with E-state index in [2.05, 4.69) is 77.4 Å². The molecule has 29 heavy (non-hydrogen) atoms. The summed E-state index contributed by atoms with van der Waals surface area (Å²) < 4.78 is 5.93. The van der Waals surface area contributed by atoms with Crippen molar-refractivity contribution in [3.63, 3.8) is 0 Å². The van der Waals surface area contributed by atoms with Gasteiger partial charge in [0.2, 0.25) is 0 Å². The van der Waals surface area contributed by atoms with Crippen molar-refractivity contribution in [2.45, 2.75) is 46.9 Å². The summed E-state index contributed by atoms with van der Waals surface area (Å²) in [5.74, 6) is 1.51.